The Labute approximate surface area is 152 Å². The molecule has 2 aromatic rings. The van der Waals surface area contributed by atoms with Crippen molar-refractivity contribution < 1.29 is 13.9 Å². The van der Waals surface area contributed by atoms with Crippen LogP contribution in [0.4, 0.5) is 4.39 Å². The number of carbonyl (C=O) groups excluding carboxylic acids is 1. The molecule has 6 heteroatoms. The Hall–Kier alpha value is -2.31. The smallest absolute Gasteiger partial charge is 0.130 e. The normalized spacial score (nSPS) is 23.8. The Balaban J connectivity index is 0.000000613. The molecule has 0 aliphatic heterocycles. The van der Waals surface area contributed by atoms with Crippen molar-refractivity contribution in [1.29, 1.82) is 0 Å². The summed E-state index contributed by atoms with van der Waals surface area (Å²) >= 11 is 0. The number of hydrogen-bond donors (Lipinski definition) is 1. The first-order valence-electron chi connectivity index (χ1n) is 8.69. The van der Waals surface area contributed by atoms with Gasteiger partial charge in [0, 0.05) is 20.3 Å². The number of rotatable bonds is 2. The predicted octanol–water partition coefficient (Wildman–Crippen LogP) is 2.91. The fourth-order valence-corrected chi connectivity index (χ4v) is 3.83. The Bertz CT molecular complexity index is 813. The van der Waals surface area contributed by atoms with E-state index in [0.717, 1.165) is 41.6 Å². The highest BCUT2D eigenvalue weighted by Gasteiger charge is 2.42. The quantitative estimate of drug-likeness (QED) is 0.839. The average molecular weight is 357 g/mol. The Morgan fingerprint density at radius 3 is 2.69 bits per heavy atom. The highest BCUT2D eigenvalue weighted by molar-refractivity contribution is 5.75. The monoisotopic (exact) mass is 357 g/mol. The third-order valence-electron chi connectivity index (χ3n) is 5.05. The second-order valence-electron chi connectivity index (χ2n) is 6.97. The van der Waals surface area contributed by atoms with E-state index in [-0.39, 0.29) is 11.9 Å². The molecule has 0 saturated heterocycles. The van der Waals surface area contributed by atoms with Crippen LogP contribution in [-0.2, 0) is 16.0 Å². The zero-order valence-electron chi connectivity index (χ0n) is 15.1. The molecule has 1 aromatic heterocycles. The molecule has 0 amide bonds. The number of aldehydes is 1. The third kappa shape index (κ3) is 3.34. The summed E-state index contributed by atoms with van der Waals surface area (Å²) in [5.41, 5.74) is 9.61. The van der Waals surface area contributed by atoms with E-state index in [1.54, 1.807) is 32.5 Å². The van der Waals surface area contributed by atoms with Gasteiger partial charge in [-0.25, -0.2) is 9.07 Å². The number of hydrogen-bond acceptors (Lipinski definition) is 4. The molecule has 1 aromatic carbocycles. The maximum absolute atomic E-state index is 13.1. The van der Waals surface area contributed by atoms with Crippen LogP contribution in [0.25, 0.3) is 11.8 Å². The van der Waals surface area contributed by atoms with Crippen LogP contribution in [0.5, 0.6) is 0 Å². The van der Waals surface area contributed by atoms with Gasteiger partial charge in [-0.05, 0) is 61.6 Å². The molecule has 138 valence electrons. The Morgan fingerprint density at radius 1 is 1.35 bits per heavy atom. The van der Waals surface area contributed by atoms with Gasteiger partial charge >= 0.3 is 0 Å². The molecule has 2 N–H and O–H groups in total. The number of allylic oxidation sites excluding steroid dienone is 1. The van der Waals surface area contributed by atoms with Gasteiger partial charge in [0.25, 0.3) is 0 Å². The summed E-state index contributed by atoms with van der Waals surface area (Å²) in [6.45, 7) is 0. The molecule has 0 bridgehead atoms. The molecule has 2 aliphatic rings. The van der Waals surface area contributed by atoms with E-state index in [0.29, 0.717) is 12.8 Å². The van der Waals surface area contributed by atoms with E-state index < -0.39 is 5.41 Å². The fraction of sp³-hybridized carbons (Fsp3) is 0.400. The molecule has 4 rings (SSSR count). The molecule has 1 saturated carbocycles. The topological polar surface area (TPSA) is 70.1 Å². The summed E-state index contributed by atoms with van der Waals surface area (Å²) in [7, 11) is 3.25. The van der Waals surface area contributed by atoms with Gasteiger partial charge < -0.3 is 15.3 Å². The number of carbonyl (C=O) groups is 1. The van der Waals surface area contributed by atoms with Gasteiger partial charge in [0.05, 0.1) is 23.0 Å². The van der Waals surface area contributed by atoms with Gasteiger partial charge in [0.15, 0.2) is 0 Å². The standard InChI is InChI=1S/C18H18FN3O.C2H6O/c19-14-2-5-16(6-3-14)22-17-7-13-1-4-15(20)9-18(13,11-23)8-12(17)10-21-22;1-3-2/h2-3,5-7,10-11,15H,1,4,8-9,20H2;1-2H3. The van der Waals surface area contributed by atoms with Gasteiger partial charge in [0.1, 0.15) is 12.1 Å². The van der Waals surface area contributed by atoms with Gasteiger partial charge in [0.2, 0.25) is 0 Å². The lowest BCUT2D eigenvalue weighted by Gasteiger charge is -2.40. The molecule has 2 unspecified atom stereocenters. The molecule has 5 nitrogen and oxygen atoms in total. The largest absolute Gasteiger partial charge is 0.388 e. The number of benzene rings is 1. The van der Waals surface area contributed by atoms with Gasteiger partial charge in [-0.2, -0.15) is 5.10 Å². The average Bonchev–Trinajstić information content (AvgIpc) is 3.03. The number of halogens is 1. The van der Waals surface area contributed by atoms with Crippen LogP contribution in [0.15, 0.2) is 36.0 Å². The summed E-state index contributed by atoms with van der Waals surface area (Å²) in [5.74, 6) is -0.269. The number of nitrogens with zero attached hydrogens (tertiary/aromatic N) is 2. The van der Waals surface area contributed by atoms with Crippen LogP contribution in [0.2, 0.25) is 0 Å². The number of fused-ring (bicyclic) bond motifs is 2. The van der Waals surface area contributed by atoms with Crippen LogP contribution < -0.4 is 5.73 Å². The van der Waals surface area contributed by atoms with E-state index in [2.05, 4.69) is 15.9 Å². The summed E-state index contributed by atoms with van der Waals surface area (Å²) in [6.07, 6.45) is 8.04. The minimum absolute atomic E-state index is 0.0750. The molecule has 1 fully saturated rings. The van der Waals surface area contributed by atoms with E-state index in [1.807, 2.05) is 4.68 Å². The van der Waals surface area contributed by atoms with Crippen LogP contribution in [0.3, 0.4) is 0 Å². The lowest BCUT2D eigenvalue weighted by molar-refractivity contribution is -0.115. The molecule has 2 aliphatic carbocycles. The van der Waals surface area contributed by atoms with Crippen molar-refractivity contribution in [2.75, 3.05) is 14.2 Å². The highest BCUT2D eigenvalue weighted by Crippen LogP contribution is 2.46. The zero-order chi connectivity index (χ0) is 18.7. The predicted molar refractivity (Wildman–Crippen MR) is 98.5 cm³/mol. The second-order valence-corrected chi connectivity index (χ2v) is 6.97. The molecule has 1 heterocycles. The molecule has 0 spiro atoms. The zero-order valence-corrected chi connectivity index (χ0v) is 15.1. The summed E-state index contributed by atoms with van der Waals surface area (Å²) in [6, 6.07) is 6.34. The first kappa shape index (κ1) is 18.5. The van der Waals surface area contributed by atoms with Crippen molar-refractivity contribution in [3.63, 3.8) is 0 Å². The minimum atomic E-state index is -0.471. The summed E-state index contributed by atoms with van der Waals surface area (Å²) < 4.78 is 19.2. The lowest BCUT2D eigenvalue weighted by atomic mass is 9.64. The van der Waals surface area contributed by atoms with Gasteiger partial charge in [-0.3, -0.25) is 0 Å². The maximum atomic E-state index is 13.1. The van der Waals surface area contributed by atoms with Crippen LogP contribution in [0.1, 0.15) is 30.5 Å². The molecule has 2 atom stereocenters. The molecular weight excluding hydrogens is 333 g/mol. The molecular formula is C20H24FN3O2. The highest BCUT2D eigenvalue weighted by atomic mass is 19.1. The SMILES string of the molecule is COC.NC1CCC2=Cc3c(cnn3-c3ccc(F)cc3)CC2(C=O)C1. The first-order chi connectivity index (χ1) is 12.5. The van der Waals surface area contributed by atoms with Crippen molar-refractivity contribution in [2.45, 2.75) is 31.7 Å². The van der Waals surface area contributed by atoms with Crippen molar-refractivity contribution in [2.24, 2.45) is 11.1 Å². The molecule has 26 heavy (non-hydrogen) atoms. The number of aromatic nitrogens is 2. The van der Waals surface area contributed by atoms with Crippen molar-refractivity contribution in [3.8, 4) is 5.69 Å². The minimum Gasteiger partial charge on any atom is -0.388 e. The molecule has 0 radical (unpaired) electrons. The number of nitrogens with two attached hydrogens (primary N) is 1. The fourth-order valence-electron chi connectivity index (χ4n) is 3.83. The number of ether oxygens (including phenoxy) is 1. The van der Waals surface area contributed by atoms with Crippen molar-refractivity contribution >= 4 is 12.4 Å². The lowest BCUT2D eigenvalue weighted by Crippen LogP contribution is -2.41. The van der Waals surface area contributed by atoms with Crippen LogP contribution in [-0.4, -0.2) is 36.3 Å². The first-order valence-corrected chi connectivity index (χ1v) is 8.69. The van der Waals surface area contributed by atoms with Crippen molar-refractivity contribution in [1.82, 2.24) is 9.78 Å². The maximum Gasteiger partial charge on any atom is 0.130 e. The van der Waals surface area contributed by atoms with Crippen molar-refractivity contribution in [3.05, 3.63) is 53.1 Å². The van der Waals surface area contributed by atoms with Gasteiger partial charge in [-0.15, -0.1) is 0 Å². The number of methoxy groups -OCH3 is 1. The van der Waals surface area contributed by atoms with E-state index >= 15 is 0 Å². The summed E-state index contributed by atoms with van der Waals surface area (Å²) in [5, 5.41) is 4.44. The van der Waals surface area contributed by atoms with E-state index in [4.69, 9.17) is 5.73 Å². The van der Waals surface area contributed by atoms with E-state index in [1.165, 1.54) is 12.1 Å². The summed E-state index contributed by atoms with van der Waals surface area (Å²) in [4.78, 5) is 11.8. The second kappa shape index (κ2) is 7.51. The Kier molecular flexibility index (Phi) is 5.34. The van der Waals surface area contributed by atoms with Crippen LogP contribution >= 0.6 is 0 Å². The van der Waals surface area contributed by atoms with Crippen LogP contribution in [0, 0.1) is 11.2 Å². The van der Waals surface area contributed by atoms with Gasteiger partial charge in [-0.1, -0.05) is 5.57 Å². The third-order valence-corrected chi connectivity index (χ3v) is 5.05. The Morgan fingerprint density at radius 2 is 2.04 bits per heavy atom. The van der Waals surface area contributed by atoms with E-state index in [9.17, 15) is 9.18 Å².